The third-order valence-corrected chi connectivity index (χ3v) is 3.26. The van der Waals surface area contributed by atoms with Gasteiger partial charge in [0.05, 0.1) is 7.11 Å². The first-order valence-corrected chi connectivity index (χ1v) is 6.46. The van der Waals surface area contributed by atoms with Gasteiger partial charge in [0.2, 0.25) is 5.91 Å². The minimum atomic E-state index is -1.13. The predicted molar refractivity (Wildman–Crippen MR) is 74.0 cm³/mol. The Morgan fingerprint density at radius 2 is 2.11 bits per heavy atom. The standard InChI is InChI=1S/C13H16BrNO4/c1-8(13(17)18)12(16)15(2)7-9-6-10(14)4-5-11(9)19-3/h4-6,8H,7H2,1-3H3,(H,17,18). The van der Waals surface area contributed by atoms with E-state index in [0.717, 1.165) is 10.0 Å². The molecule has 1 rings (SSSR count). The fourth-order valence-electron chi connectivity index (χ4n) is 1.64. The number of rotatable bonds is 5. The first kappa shape index (κ1) is 15.5. The van der Waals surface area contributed by atoms with Crippen molar-refractivity contribution in [3.63, 3.8) is 0 Å². The third kappa shape index (κ3) is 3.96. The number of aliphatic carboxylic acids is 1. The highest BCUT2D eigenvalue weighted by molar-refractivity contribution is 9.10. The van der Waals surface area contributed by atoms with Gasteiger partial charge < -0.3 is 14.7 Å². The van der Waals surface area contributed by atoms with Gasteiger partial charge in [-0.3, -0.25) is 9.59 Å². The lowest BCUT2D eigenvalue weighted by molar-refractivity contribution is -0.149. The molecular weight excluding hydrogens is 314 g/mol. The number of methoxy groups -OCH3 is 1. The number of amides is 1. The number of carboxylic acids is 1. The molecule has 0 saturated carbocycles. The Hall–Kier alpha value is -1.56. The second-order valence-corrected chi connectivity index (χ2v) is 5.13. The van der Waals surface area contributed by atoms with Gasteiger partial charge in [0.25, 0.3) is 0 Å². The van der Waals surface area contributed by atoms with E-state index >= 15 is 0 Å². The number of ether oxygens (including phenoxy) is 1. The van der Waals surface area contributed by atoms with Crippen molar-refractivity contribution in [1.29, 1.82) is 0 Å². The molecule has 0 aliphatic heterocycles. The summed E-state index contributed by atoms with van der Waals surface area (Å²) < 4.78 is 6.08. The first-order valence-electron chi connectivity index (χ1n) is 5.67. The third-order valence-electron chi connectivity index (χ3n) is 2.77. The average molecular weight is 330 g/mol. The number of carbonyl (C=O) groups excluding carboxylic acids is 1. The van der Waals surface area contributed by atoms with E-state index in [-0.39, 0.29) is 0 Å². The van der Waals surface area contributed by atoms with E-state index in [1.165, 1.54) is 11.8 Å². The van der Waals surface area contributed by atoms with E-state index < -0.39 is 17.8 Å². The van der Waals surface area contributed by atoms with Crippen molar-refractivity contribution in [3.8, 4) is 5.75 Å². The first-order chi connectivity index (χ1) is 8.86. The minimum absolute atomic E-state index is 0.291. The molecule has 1 aromatic rings. The molecule has 1 amide bonds. The zero-order valence-corrected chi connectivity index (χ0v) is 12.6. The molecule has 0 aromatic heterocycles. The predicted octanol–water partition coefficient (Wildman–Crippen LogP) is 2.14. The maximum atomic E-state index is 11.9. The molecule has 0 spiro atoms. The fraction of sp³-hybridized carbons (Fsp3) is 0.385. The highest BCUT2D eigenvalue weighted by Crippen LogP contribution is 2.24. The summed E-state index contributed by atoms with van der Waals surface area (Å²) in [5.41, 5.74) is 0.810. The number of carbonyl (C=O) groups is 2. The molecule has 0 radical (unpaired) electrons. The van der Waals surface area contributed by atoms with Gasteiger partial charge in [-0.2, -0.15) is 0 Å². The van der Waals surface area contributed by atoms with Gasteiger partial charge in [-0.25, -0.2) is 0 Å². The molecule has 5 nitrogen and oxygen atoms in total. The zero-order chi connectivity index (χ0) is 14.6. The van der Waals surface area contributed by atoms with Crippen molar-refractivity contribution in [2.75, 3.05) is 14.2 Å². The normalized spacial score (nSPS) is 11.8. The van der Waals surface area contributed by atoms with E-state index in [2.05, 4.69) is 15.9 Å². The number of benzene rings is 1. The Bertz CT molecular complexity index is 490. The lowest BCUT2D eigenvalue weighted by Crippen LogP contribution is -2.35. The number of hydrogen-bond donors (Lipinski definition) is 1. The van der Waals surface area contributed by atoms with Gasteiger partial charge in [-0.1, -0.05) is 15.9 Å². The van der Waals surface area contributed by atoms with E-state index in [1.807, 2.05) is 12.1 Å². The summed E-state index contributed by atoms with van der Waals surface area (Å²) in [6.45, 7) is 1.67. The van der Waals surface area contributed by atoms with Gasteiger partial charge in [-0.15, -0.1) is 0 Å². The second kappa shape index (κ2) is 6.56. The van der Waals surface area contributed by atoms with Crippen LogP contribution in [0.25, 0.3) is 0 Å². The van der Waals surface area contributed by atoms with Crippen LogP contribution < -0.4 is 4.74 Å². The number of hydrogen-bond acceptors (Lipinski definition) is 3. The molecule has 6 heteroatoms. The lowest BCUT2D eigenvalue weighted by Gasteiger charge is -2.20. The van der Waals surface area contributed by atoms with Crippen molar-refractivity contribution in [1.82, 2.24) is 4.90 Å². The van der Waals surface area contributed by atoms with E-state index in [9.17, 15) is 9.59 Å². The van der Waals surface area contributed by atoms with Crippen LogP contribution in [-0.2, 0) is 16.1 Å². The summed E-state index contributed by atoms with van der Waals surface area (Å²) in [4.78, 5) is 24.0. The summed E-state index contributed by atoms with van der Waals surface area (Å²) >= 11 is 3.35. The molecular formula is C13H16BrNO4. The van der Waals surface area contributed by atoms with Crippen molar-refractivity contribution in [2.24, 2.45) is 5.92 Å². The Morgan fingerprint density at radius 1 is 1.47 bits per heavy atom. The monoisotopic (exact) mass is 329 g/mol. The number of nitrogens with zero attached hydrogens (tertiary/aromatic N) is 1. The Balaban J connectivity index is 2.87. The summed E-state index contributed by atoms with van der Waals surface area (Å²) in [6.07, 6.45) is 0. The minimum Gasteiger partial charge on any atom is -0.496 e. The van der Waals surface area contributed by atoms with Crippen LogP contribution in [0.3, 0.4) is 0 Å². The molecule has 0 aliphatic rings. The largest absolute Gasteiger partial charge is 0.496 e. The molecule has 1 N–H and O–H groups in total. The second-order valence-electron chi connectivity index (χ2n) is 4.21. The van der Waals surface area contributed by atoms with Gasteiger partial charge in [-0.05, 0) is 25.1 Å². The lowest BCUT2D eigenvalue weighted by atomic mass is 10.1. The van der Waals surface area contributed by atoms with Crippen LogP contribution in [0.4, 0.5) is 0 Å². The van der Waals surface area contributed by atoms with Crippen LogP contribution in [0.15, 0.2) is 22.7 Å². The van der Waals surface area contributed by atoms with Gasteiger partial charge in [0, 0.05) is 23.6 Å². The SMILES string of the molecule is COc1ccc(Br)cc1CN(C)C(=O)C(C)C(=O)O. The topological polar surface area (TPSA) is 66.8 Å². The molecule has 1 aromatic carbocycles. The number of carboxylic acid groups (broad SMARTS) is 1. The summed E-state index contributed by atoms with van der Waals surface area (Å²) in [5, 5.41) is 8.83. The van der Waals surface area contributed by atoms with Crippen LogP contribution in [0.1, 0.15) is 12.5 Å². The van der Waals surface area contributed by atoms with E-state index in [0.29, 0.717) is 12.3 Å². The highest BCUT2D eigenvalue weighted by atomic mass is 79.9. The van der Waals surface area contributed by atoms with Crippen LogP contribution in [0.2, 0.25) is 0 Å². The van der Waals surface area contributed by atoms with E-state index in [1.54, 1.807) is 20.2 Å². The average Bonchev–Trinajstić information content (AvgIpc) is 2.37. The van der Waals surface area contributed by atoms with E-state index in [4.69, 9.17) is 9.84 Å². The summed E-state index contributed by atoms with van der Waals surface area (Å²) in [7, 11) is 3.12. The molecule has 1 atom stereocenters. The smallest absolute Gasteiger partial charge is 0.315 e. The number of halogens is 1. The Labute approximate surface area is 120 Å². The van der Waals surface area contributed by atoms with Crippen LogP contribution in [-0.4, -0.2) is 36.0 Å². The summed E-state index contributed by atoms with van der Waals surface area (Å²) in [6, 6.07) is 5.47. The maximum absolute atomic E-state index is 11.9. The van der Waals surface area contributed by atoms with Crippen molar-refractivity contribution in [3.05, 3.63) is 28.2 Å². The molecule has 19 heavy (non-hydrogen) atoms. The fourth-order valence-corrected chi connectivity index (χ4v) is 2.05. The molecule has 1 unspecified atom stereocenters. The molecule has 0 aliphatic carbocycles. The molecule has 0 bridgehead atoms. The van der Waals surface area contributed by atoms with Crippen molar-refractivity contribution >= 4 is 27.8 Å². The van der Waals surface area contributed by atoms with Crippen molar-refractivity contribution in [2.45, 2.75) is 13.5 Å². The zero-order valence-electron chi connectivity index (χ0n) is 11.0. The van der Waals surface area contributed by atoms with Crippen LogP contribution in [0.5, 0.6) is 5.75 Å². The van der Waals surface area contributed by atoms with Gasteiger partial charge in [0.1, 0.15) is 11.7 Å². The molecule has 0 saturated heterocycles. The maximum Gasteiger partial charge on any atom is 0.315 e. The summed E-state index contributed by atoms with van der Waals surface area (Å²) in [5.74, 6) is -1.96. The van der Waals surface area contributed by atoms with Crippen LogP contribution in [0, 0.1) is 5.92 Å². The Morgan fingerprint density at radius 3 is 2.63 bits per heavy atom. The van der Waals surface area contributed by atoms with Crippen molar-refractivity contribution < 1.29 is 19.4 Å². The quantitative estimate of drug-likeness (QED) is 0.840. The molecule has 104 valence electrons. The van der Waals surface area contributed by atoms with Gasteiger partial charge in [0.15, 0.2) is 0 Å². The Kier molecular flexibility index (Phi) is 5.35. The van der Waals surface area contributed by atoms with Crippen LogP contribution >= 0.6 is 15.9 Å². The highest BCUT2D eigenvalue weighted by Gasteiger charge is 2.24. The van der Waals surface area contributed by atoms with Gasteiger partial charge >= 0.3 is 5.97 Å². The molecule has 0 fully saturated rings. The molecule has 0 heterocycles.